The first kappa shape index (κ1) is 21.3. The lowest BCUT2D eigenvalue weighted by molar-refractivity contribution is 0.102. The average molecular weight is 444 g/mol. The van der Waals surface area contributed by atoms with Crippen molar-refractivity contribution in [3.05, 3.63) is 101 Å². The number of anilines is 5. The Hall–Kier alpha value is -3.90. The number of nitrogens with zero attached hydrogens (tertiary/aromatic N) is 2. The highest BCUT2D eigenvalue weighted by Crippen LogP contribution is 2.23. The number of rotatable bonds is 6. The minimum Gasteiger partial charge on any atom is -0.340 e. The summed E-state index contributed by atoms with van der Waals surface area (Å²) in [6.07, 6.45) is 0. The van der Waals surface area contributed by atoms with Gasteiger partial charge >= 0.3 is 0 Å². The molecule has 4 rings (SSSR count). The minimum atomic E-state index is -0.255. The maximum absolute atomic E-state index is 12.4. The van der Waals surface area contributed by atoms with Crippen molar-refractivity contribution in [3.63, 3.8) is 0 Å². The first-order chi connectivity index (χ1) is 15.5. The van der Waals surface area contributed by atoms with E-state index in [2.05, 4.69) is 25.9 Å². The molecule has 0 aliphatic rings. The summed E-state index contributed by atoms with van der Waals surface area (Å²) < 4.78 is 0. The molecule has 3 aromatic carbocycles. The van der Waals surface area contributed by atoms with Gasteiger partial charge in [-0.3, -0.25) is 4.79 Å². The molecule has 0 spiro atoms. The Morgan fingerprint density at radius 2 is 1.28 bits per heavy atom. The largest absolute Gasteiger partial charge is 0.340 e. The summed E-state index contributed by atoms with van der Waals surface area (Å²) in [5.74, 6) is 1.76. The van der Waals surface area contributed by atoms with E-state index >= 15 is 0 Å². The number of hydrogen-bond acceptors (Lipinski definition) is 5. The van der Waals surface area contributed by atoms with E-state index in [9.17, 15) is 4.79 Å². The Bertz CT molecular complexity index is 1240. The molecule has 1 aromatic heterocycles. The molecular weight excluding hydrogens is 422 g/mol. The van der Waals surface area contributed by atoms with Crippen LogP contribution in [0.3, 0.4) is 0 Å². The van der Waals surface area contributed by atoms with Crippen LogP contribution in [0.25, 0.3) is 0 Å². The topological polar surface area (TPSA) is 78.9 Å². The van der Waals surface area contributed by atoms with Gasteiger partial charge in [0.1, 0.15) is 17.5 Å². The maximum atomic E-state index is 12.4. The number of aromatic nitrogens is 2. The van der Waals surface area contributed by atoms with Gasteiger partial charge in [0.2, 0.25) is 0 Å². The van der Waals surface area contributed by atoms with Gasteiger partial charge in [-0.15, -0.1) is 0 Å². The molecule has 0 atom stereocenters. The minimum absolute atomic E-state index is 0.255. The highest BCUT2D eigenvalue weighted by molar-refractivity contribution is 6.34. The third-order valence-corrected chi connectivity index (χ3v) is 5.03. The SMILES string of the molecule is Cc1ccc(Nc2cc(Nc3ccc(NC(=O)c4ccccc4Cl)cc3)nc(C)n2)cc1. The molecule has 0 saturated heterocycles. The van der Waals surface area contributed by atoms with Gasteiger partial charge in [-0.2, -0.15) is 0 Å². The number of amides is 1. The lowest BCUT2D eigenvalue weighted by Crippen LogP contribution is -2.12. The predicted molar refractivity (Wildman–Crippen MR) is 130 cm³/mol. The molecule has 160 valence electrons. The van der Waals surface area contributed by atoms with Gasteiger partial charge in [0.25, 0.3) is 5.91 Å². The molecule has 0 saturated carbocycles. The van der Waals surface area contributed by atoms with Crippen LogP contribution in [0.5, 0.6) is 0 Å². The van der Waals surface area contributed by atoms with Crippen molar-refractivity contribution in [2.24, 2.45) is 0 Å². The second kappa shape index (κ2) is 9.49. The molecule has 1 amide bonds. The third-order valence-electron chi connectivity index (χ3n) is 4.70. The van der Waals surface area contributed by atoms with Crippen LogP contribution in [0, 0.1) is 13.8 Å². The molecule has 0 aliphatic heterocycles. The summed E-state index contributed by atoms with van der Waals surface area (Å²) in [5.41, 5.74) is 4.09. The number of aryl methyl sites for hydroxylation is 2. The molecule has 7 heteroatoms. The van der Waals surface area contributed by atoms with Gasteiger partial charge < -0.3 is 16.0 Å². The highest BCUT2D eigenvalue weighted by atomic mass is 35.5. The number of hydrogen-bond donors (Lipinski definition) is 3. The lowest BCUT2D eigenvalue weighted by Gasteiger charge is -2.11. The smallest absolute Gasteiger partial charge is 0.257 e. The standard InChI is InChI=1S/C25H22ClN5O/c1-16-7-9-18(10-8-16)29-23-15-24(28-17(2)27-23)30-19-11-13-20(14-12-19)31-25(32)21-5-3-4-6-22(21)26/h3-15H,1-2H3,(H,31,32)(H2,27,28,29,30). The molecule has 6 nitrogen and oxygen atoms in total. The monoisotopic (exact) mass is 443 g/mol. The summed E-state index contributed by atoms with van der Waals surface area (Å²) in [5, 5.41) is 9.84. The highest BCUT2D eigenvalue weighted by Gasteiger charge is 2.10. The van der Waals surface area contributed by atoms with Gasteiger partial charge in [-0.05, 0) is 62.4 Å². The number of benzene rings is 3. The molecule has 4 aromatic rings. The Morgan fingerprint density at radius 3 is 1.88 bits per heavy atom. The summed E-state index contributed by atoms with van der Waals surface area (Å²) in [6, 6.07) is 24.3. The zero-order valence-electron chi connectivity index (χ0n) is 17.7. The van der Waals surface area contributed by atoms with E-state index in [1.165, 1.54) is 5.56 Å². The van der Waals surface area contributed by atoms with Crippen LogP contribution < -0.4 is 16.0 Å². The van der Waals surface area contributed by atoms with E-state index in [4.69, 9.17) is 11.6 Å². The Kier molecular flexibility index (Phi) is 6.33. The number of carbonyl (C=O) groups excluding carboxylic acids is 1. The van der Waals surface area contributed by atoms with Crippen LogP contribution in [0.15, 0.2) is 78.9 Å². The van der Waals surface area contributed by atoms with Crippen LogP contribution in [0.4, 0.5) is 28.7 Å². The molecule has 1 heterocycles. The fourth-order valence-corrected chi connectivity index (χ4v) is 3.33. The van der Waals surface area contributed by atoms with Gasteiger partial charge in [0.05, 0.1) is 10.6 Å². The molecule has 0 radical (unpaired) electrons. The van der Waals surface area contributed by atoms with Gasteiger partial charge in [-0.1, -0.05) is 41.4 Å². The van der Waals surface area contributed by atoms with Crippen molar-refractivity contribution in [1.29, 1.82) is 0 Å². The van der Waals surface area contributed by atoms with E-state index in [0.29, 0.717) is 33.7 Å². The second-order valence-corrected chi connectivity index (χ2v) is 7.72. The van der Waals surface area contributed by atoms with Gasteiger partial charge in [-0.25, -0.2) is 9.97 Å². The molecule has 0 unspecified atom stereocenters. The molecule has 0 aliphatic carbocycles. The van der Waals surface area contributed by atoms with Gasteiger partial charge in [0.15, 0.2) is 0 Å². The van der Waals surface area contributed by atoms with E-state index in [1.54, 1.807) is 24.3 Å². The number of halogens is 1. The molecule has 3 N–H and O–H groups in total. The van der Waals surface area contributed by atoms with Crippen LogP contribution in [-0.2, 0) is 0 Å². The average Bonchev–Trinajstić information content (AvgIpc) is 2.76. The van der Waals surface area contributed by atoms with Gasteiger partial charge in [0, 0.05) is 23.1 Å². The van der Waals surface area contributed by atoms with Crippen molar-refractivity contribution < 1.29 is 4.79 Å². The third kappa shape index (κ3) is 5.42. The van der Waals surface area contributed by atoms with Crippen molar-refractivity contribution >= 4 is 46.2 Å². The number of carbonyl (C=O) groups is 1. The normalized spacial score (nSPS) is 10.5. The molecular formula is C25H22ClN5O. The molecule has 32 heavy (non-hydrogen) atoms. The fraction of sp³-hybridized carbons (Fsp3) is 0.0800. The van der Waals surface area contributed by atoms with Crippen molar-refractivity contribution in [2.75, 3.05) is 16.0 Å². The van der Waals surface area contributed by atoms with E-state index in [-0.39, 0.29) is 5.91 Å². The fourth-order valence-electron chi connectivity index (χ4n) is 3.11. The van der Waals surface area contributed by atoms with E-state index in [1.807, 2.05) is 68.4 Å². The number of nitrogens with one attached hydrogen (secondary N) is 3. The molecule has 0 bridgehead atoms. The Labute approximate surface area is 191 Å². The molecule has 0 fully saturated rings. The van der Waals surface area contributed by atoms with Crippen LogP contribution >= 0.6 is 11.6 Å². The summed E-state index contributed by atoms with van der Waals surface area (Å²) >= 11 is 6.10. The van der Waals surface area contributed by atoms with Crippen molar-refractivity contribution in [1.82, 2.24) is 9.97 Å². The first-order valence-electron chi connectivity index (χ1n) is 10.1. The first-order valence-corrected chi connectivity index (χ1v) is 10.5. The van der Waals surface area contributed by atoms with Crippen molar-refractivity contribution in [2.45, 2.75) is 13.8 Å². The summed E-state index contributed by atoms with van der Waals surface area (Å²) in [7, 11) is 0. The van der Waals surface area contributed by atoms with Crippen LogP contribution in [0.1, 0.15) is 21.7 Å². The Morgan fingerprint density at radius 1 is 0.750 bits per heavy atom. The second-order valence-electron chi connectivity index (χ2n) is 7.31. The maximum Gasteiger partial charge on any atom is 0.257 e. The van der Waals surface area contributed by atoms with Crippen molar-refractivity contribution in [3.8, 4) is 0 Å². The lowest BCUT2D eigenvalue weighted by atomic mass is 10.2. The predicted octanol–water partition coefficient (Wildman–Crippen LogP) is 6.49. The summed E-state index contributed by atoms with van der Waals surface area (Å²) in [4.78, 5) is 21.3. The summed E-state index contributed by atoms with van der Waals surface area (Å²) in [6.45, 7) is 3.90. The van der Waals surface area contributed by atoms with Crippen LogP contribution in [-0.4, -0.2) is 15.9 Å². The Balaban J connectivity index is 1.44. The van der Waals surface area contributed by atoms with Crippen LogP contribution in [0.2, 0.25) is 5.02 Å². The quantitative estimate of drug-likeness (QED) is 0.317. The van der Waals surface area contributed by atoms with E-state index < -0.39 is 0 Å². The zero-order valence-corrected chi connectivity index (χ0v) is 18.4. The zero-order chi connectivity index (χ0) is 22.5. The van der Waals surface area contributed by atoms with E-state index in [0.717, 1.165) is 11.4 Å².